The third-order valence-electron chi connectivity index (χ3n) is 3.07. The second-order valence-corrected chi connectivity index (χ2v) is 5.89. The fourth-order valence-electron chi connectivity index (χ4n) is 1.86. The Hall–Kier alpha value is -0.500. The average molecular weight is 210 g/mol. The largest absolute Gasteiger partial charge is 0.362 e. The summed E-state index contributed by atoms with van der Waals surface area (Å²) in [5.74, 6) is 0. The van der Waals surface area contributed by atoms with Crippen molar-refractivity contribution in [3.8, 4) is 0 Å². The first-order chi connectivity index (χ1) is 6.82. The van der Waals surface area contributed by atoms with Gasteiger partial charge in [-0.15, -0.1) is 0 Å². The predicted octanol–water partition coefficient (Wildman–Crippen LogP) is 2.92. The lowest BCUT2D eigenvalue weighted by atomic mass is 9.93. The SMILES string of the molecule is CC(C)N1C=CC(C)(C)CN(C(C)C)C1. The van der Waals surface area contributed by atoms with Gasteiger partial charge in [-0.25, -0.2) is 0 Å². The van der Waals surface area contributed by atoms with E-state index in [1.807, 2.05) is 0 Å². The molecule has 0 saturated carbocycles. The van der Waals surface area contributed by atoms with Crippen molar-refractivity contribution < 1.29 is 0 Å². The van der Waals surface area contributed by atoms with Gasteiger partial charge in [0, 0.05) is 18.6 Å². The highest BCUT2D eigenvalue weighted by molar-refractivity contribution is 5.00. The second kappa shape index (κ2) is 4.56. The average Bonchev–Trinajstić information content (AvgIpc) is 2.23. The fourth-order valence-corrected chi connectivity index (χ4v) is 1.86. The zero-order chi connectivity index (χ0) is 11.6. The van der Waals surface area contributed by atoms with E-state index in [0.29, 0.717) is 12.1 Å². The standard InChI is InChI=1S/C13H26N2/c1-11(2)14-8-7-13(5,6)9-15(10-14)12(3)4/h7-8,11-12H,9-10H2,1-6H3. The Morgan fingerprint density at radius 3 is 2.13 bits per heavy atom. The summed E-state index contributed by atoms with van der Waals surface area (Å²) in [6, 6.07) is 1.20. The molecule has 0 radical (unpaired) electrons. The molecule has 0 aliphatic carbocycles. The number of hydrogen-bond donors (Lipinski definition) is 0. The van der Waals surface area contributed by atoms with Gasteiger partial charge in [0.05, 0.1) is 6.67 Å². The first-order valence-corrected chi connectivity index (χ1v) is 6.01. The maximum absolute atomic E-state index is 2.54. The van der Waals surface area contributed by atoms with Gasteiger partial charge in [-0.1, -0.05) is 19.9 Å². The van der Waals surface area contributed by atoms with E-state index < -0.39 is 0 Å². The Balaban J connectivity index is 2.81. The van der Waals surface area contributed by atoms with E-state index in [4.69, 9.17) is 0 Å². The van der Waals surface area contributed by atoms with Crippen LogP contribution < -0.4 is 0 Å². The van der Waals surface area contributed by atoms with E-state index in [-0.39, 0.29) is 5.41 Å². The summed E-state index contributed by atoms with van der Waals surface area (Å²) in [6.45, 7) is 15.9. The monoisotopic (exact) mass is 210 g/mol. The minimum absolute atomic E-state index is 0.286. The van der Waals surface area contributed by atoms with Gasteiger partial charge >= 0.3 is 0 Å². The molecule has 15 heavy (non-hydrogen) atoms. The summed E-state index contributed by atoms with van der Waals surface area (Å²) < 4.78 is 0. The molecule has 0 aromatic rings. The molecule has 0 amide bonds. The second-order valence-electron chi connectivity index (χ2n) is 5.89. The van der Waals surface area contributed by atoms with E-state index in [1.54, 1.807) is 0 Å². The molecule has 0 N–H and O–H groups in total. The van der Waals surface area contributed by atoms with Gasteiger partial charge < -0.3 is 4.90 Å². The van der Waals surface area contributed by atoms with E-state index in [9.17, 15) is 0 Å². The van der Waals surface area contributed by atoms with Crippen molar-refractivity contribution in [2.75, 3.05) is 13.2 Å². The van der Waals surface area contributed by atoms with Crippen LogP contribution in [0.3, 0.4) is 0 Å². The smallest absolute Gasteiger partial charge is 0.0706 e. The van der Waals surface area contributed by atoms with Crippen molar-refractivity contribution >= 4 is 0 Å². The normalized spacial score (nSPS) is 22.5. The van der Waals surface area contributed by atoms with Crippen molar-refractivity contribution in [2.45, 2.75) is 53.6 Å². The highest BCUT2D eigenvalue weighted by Crippen LogP contribution is 2.24. The molecule has 2 heteroatoms. The summed E-state index contributed by atoms with van der Waals surface area (Å²) in [5.41, 5.74) is 0.286. The molecule has 1 aliphatic rings. The molecule has 1 aliphatic heterocycles. The third-order valence-corrected chi connectivity index (χ3v) is 3.07. The lowest BCUT2D eigenvalue weighted by molar-refractivity contribution is 0.105. The topological polar surface area (TPSA) is 6.48 Å². The molecule has 88 valence electrons. The van der Waals surface area contributed by atoms with Gasteiger partial charge in [0.2, 0.25) is 0 Å². The van der Waals surface area contributed by atoms with E-state index in [1.165, 1.54) is 0 Å². The Kier molecular flexibility index (Phi) is 3.82. The van der Waals surface area contributed by atoms with E-state index in [0.717, 1.165) is 13.2 Å². The van der Waals surface area contributed by atoms with Gasteiger partial charge in [-0.05, 0) is 39.3 Å². The molecule has 0 aromatic heterocycles. The molecular formula is C13H26N2. The zero-order valence-electron chi connectivity index (χ0n) is 11.1. The van der Waals surface area contributed by atoms with Gasteiger partial charge in [-0.2, -0.15) is 0 Å². The number of rotatable bonds is 2. The van der Waals surface area contributed by atoms with Gasteiger partial charge in [0.25, 0.3) is 0 Å². The van der Waals surface area contributed by atoms with Crippen LogP contribution in [0.1, 0.15) is 41.5 Å². The van der Waals surface area contributed by atoms with Crippen LogP contribution in [0.15, 0.2) is 12.3 Å². The predicted molar refractivity (Wildman–Crippen MR) is 66.6 cm³/mol. The Morgan fingerprint density at radius 1 is 1.07 bits per heavy atom. The molecule has 0 aromatic carbocycles. The van der Waals surface area contributed by atoms with Crippen molar-refractivity contribution in [2.24, 2.45) is 5.41 Å². The maximum Gasteiger partial charge on any atom is 0.0706 e. The lowest BCUT2D eigenvalue weighted by Crippen LogP contribution is -2.43. The molecule has 1 heterocycles. The van der Waals surface area contributed by atoms with Crippen LogP contribution in [0.25, 0.3) is 0 Å². The van der Waals surface area contributed by atoms with Crippen LogP contribution in [0.5, 0.6) is 0 Å². The first-order valence-electron chi connectivity index (χ1n) is 6.01. The van der Waals surface area contributed by atoms with E-state index in [2.05, 4.69) is 63.6 Å². The Labute approximate surface area is 94.9 Å². The van der Waals surface area contributed by atoms with Crippen LogP contribution in [0.2, 0.25) is 0 Å². The zero-order valence-corrected chi connectivity index (χ0v) is 11.1. The molecule has 1 rings (SSSR count). The molecular weight excluding hydrogens is 184 g/mol. The molecule has 0 fully saturated rings. The lowest BCUT2D eigenvalue weighted by Gasteiger charge is -2.35. The molecule has 2 nitrogen and oxygen atoms in total. The maximum atomic E-state index is 2.54. The Bertz CT molecular complexity index is 229. The summed E-state index contributed by atoms with van der Waals surface area (Å²) in [4.78, 5) is 4.95. The van der Waals surface area contributed by atoms with Crippen LogP contribution in [0, 0.1) is 5.41 Å². The highest BCUT2D eigenvalue weighted by Gasteiger charge is 2.25. The third kappa shape index (κ3) is 3.53. The van der Waals surface area contributed by atoms with Crippen molar-refractivity contribution in [3.05, 3.63) is 12.3 Å². The van der Waals surface area contributed by atoms with E-state index >= 15 is 0 Å². The fraction of sp³-hybridized carbons (Fsp3) is 0.846. The molecule has 0 bridgehead atoms. The summed E-state index contributed by atoms with van der Waals surface area (Å²) in [5, 5.41) is 0. The first kappa shape index (κ1) is 12.6. The Morgan fingerprint density at radius 2 is 1.67 bits per heavy atom. The van der Waals surface area contributed by atoms with Crippen LogP contribution >= 0.6 is 0 Å². The number of hydrogen-bond acceptors (Lipinski definition) is 2. The minimum atomic E-state index is 0.286. The molecule has 0 atom stereocenters. The molecule has 0 saturated heterocycles. The van der Waals surface area contributed by atoms with Crippen molar-refractivity contribution in [1.29, 1.82) is 0 Å². The van der Waals surface area contributed by atoms with Crippen LogP contribution in [0.4, 0.5) is 0 Å². The van der Waals surface area contributed by atoms with Gasteiger partial charge in [-0.3, -0.25) is 4.90 Å². The minimum Gasteiger partial charge on any atom is -0.362 e. The number of nitrogens with zero attached hydrogens (tertiary/aromatic N) is 2. The summed E-state index contributed by atoms with van der Waals surface area (Å²) in [7, 11) is 0. The van der Waals surface area contributed by atoms with Crippen molar-refractivity contribution in [3.63, 3.8) is 0 Å². The van der Waals surface area contributed by atoms with Crippen LogP contribution in [-0.2, 0) is 0 Å². The summed E-state index contributed by atoms with van der Waals surface area (Å²) >= 11 is 0. The summed E-state index contributed by atoms with van der Waals surface area (Å²) in [6.07, 6.45) is 4.61. The molecule has 0 spiro atoms. The molecule has 0 unspecified atom stereocenters. The van der Waals surface area contributed by atoms with Crippen LogP contribution in [-0.4, -0.2) is 35.1 Å². The van der Waals surface area contributed by atoms with Crippen molar-refractivity contribution in [1.82, 2.24) is 9.80 Å². The van der Waals surface area contributed by atoms with Gasteiger partial charge in [0.15, 0.2) is 0 Å². The highest BCUT2D eigenvalue weighted by atomic mass is 15.3. The van der Waals surface area contributed by atoms with Gasteiger partial charge in [0.1, 0.15) is 0 Å². The quantitative estimate of drug-likeness (QED) is 0.691.